The molecule has 24 heavy (non-hydrogen) atoms. The van der Waals surface area contributed by atoms with E-state index in [1.54, 1.807) is 17.6 Å². The lowest BCUT2D eigenvalue weighted by atomic mass is 10.3. The standard InChI is InChI=1S/C16H14N4O2S2/c17-14(22)12-6-9-23-15(12)19-13(21)10-24-16-18-7-8-20(16)11-4-2-1-3-5-11/h1-9H,10H2,(H2,17,22)(H,19,21). The van der Waals surface area contributed by atoms with Crippen LogP contribution in [0.5, 0.6) is 0 Å². The van der Waals surface area contributed by atoms with E-state index in [4.69, 9.17) is 5.73 Å². The van der Waals surface area contributed by atoms with Crippen LogP contribution in [0.3, 0.4) is 0 Å². The molecule has 3 N–H and O–H groups in total. The highest BCUT2D eigenvalue weighted by Gasteiger charge is 2.14. The fraction of sp³-hybridized carbons (Fsp3) is 0.0625. The van der Waals surface area contributed by atoms with Gasteiger partial charge in [-0.2, -0.15) is 0 Å². The molecule has 0 spiro atoms. The van der Waals surface area contributed by atoms with E-state index in [1.165, 1.54) is 23.1 Å². The molecule has 0 saturated carbocycles. The fourth-order valence-electron chi connectivity index (χ4n) is 2.07. The quantitative estimate of drug-likeness (QED) is 0.663. The van der Waals surface area contributed by atoms with E-state index >= 15 is 0 Å². The van der Waals surface area contributed by atoms with Gasteiger partial charge in [-0.3, -0.25) is 14.2 Å². The first kappa shape index (κ1) is 16.3. The molecule has 0 aliphatic carbocycles. The van der Waals surface area contributed by atoms with Gasteiger partial charge in [0.2, 0.25) is 5.91 Å². The van der Waals surface area contributed by atoms with Gasteiger partial charge in [-0.15, -0.1) is 11.3 Å². The molecule has 0 radical (unpaired) electrons. The Bertz CT molecular complexity index is 858. The molecule has 8 heteroatoms. The molecule has 2 aromatic heterocycles. The van der Waals surface area contributed by atoms with Crippen molar-refractivity contribution in [2.24, 2.45) is 5.73 Å². The molecular formula is C16H14N4O2S2. The predicted molar refractivity (Wildman–Crippen MR) is 95.8 cm³/mol. The summed E-state index contributed by atoms with van der Waals surface area (Å²) in [5, 5.41) is 5.62. The number of amides is 2. The molecule has 0 aliphatic heterocycles. The maximum Gasteiger partial charge on any atom is 0.251 e. The van der Waals surface area contributed by atoms with Gasteiger partial charge in [0.05, 0.1) is 11.3 Å². The Kier molecular flexibility index (Phi) is 4.97. The third-order valence-corrected chi connectivity index (χ3v) is 4.95. The molecular weight excluding hydrogens is 344 g/mol. The second-order valence-corrected chi connectivity index (χ2v) is 6.64. The van der Waals surface area contributed by atoms with Crippen molar-refractivity contribution in [3.05, 3.63) is 59.7 Å². The van der Waals surface area contributed by atoms with Crippen LogP contribution in [-0.2, 0) is 4.79 Å². The van der Waals surface area contributed by atoms with Gasteiger partial charge < -0.3 is 11.1 Å². The van der Waals surface area contributed by atoms with E-state index < -0.39 is 5.91 Å². The zero-order valence-electron chi connectivity index (χ0n) is 12.5. The van der Waals surface area contributed by atoms with Crippen molar-refractivity contribution in [3.8, 4) is 5.69 Å². The van der Waals surface area contributed by atoms with E-state index in [0.29, 0.717) is 10.6 Å². The summed E-state index contributed by atoms with van der Waals surface area (Å²) in [6, 6.07) is 11.4. The highest BCUT2D eigenvalue weighted by Crippen LogP contribution is 2.24. The highest BCUT2D eigenvalue weighted by molar-refractivity contribution is 7.99. The number of thiophene rings is 1. The van der Waals surface area contributed by atoms with Crippen molar-refractivity contribution in [3.63, 3.8) is 0 Å². The van der Waals surface area contributed by atoms with Gasteiger partial charge in [-0.25, -0.2) is 4.98 Å². The lowest BCUT2D eigenvalue weighted by molar-refractivity contribution is -0.113. The number of nitrogens with one attached hydrogen (secondary N) is 1. The van der Waals surface area contributed by atoms with Gasteiger partial charge in [0, 0.05) is 18.1 Å². The smallest absolute Gasteiger partial charge is 0.251 e. The van der Waals surface area contributed by atoms with Crippen LogP contribution in [0.25, 0.3) is 5.69 Å². The van der Waals surface area contributed by atoms with Gasteiger partial charge in [-0.05, 0) is 23.6 Å². The van der Waals surface area contributed by atoms with E-state index in [1.807, 2.05) is 41.1 Å². The minimum atomic E-state index is -0.557. The summed E-state index contributed by atoms with van der Waals surface area (Å²) in [5.74, 6) is -0.591. The minimum absolute atomic E-state index is 0.181. The third-order valence-electron chi connectivity index (χ3n) is 3.16. The second kappa shape index (κ2) is 7.33. The number of para-hydroxylation sites is 1. The van der Waals surface area contributed by atoms with Crippen molar-refractivity contribution in [2.75, 3.05) is 11.1 Å². The fourth-order valence-corrected chi connectivity index (χ4v) is 3.66. The Balaban J connectivity index is 1.64. The SMILES string of the molecule is NC(=O)c1ccsc1NC(=O)CSc1nccn1-c1ccccc1. The van der Waals surface area contributed by atoms with Crippen LogP contribution in [-0.4, -0.2) is 27.1 Å². The Morgan fingerprint density at radius 1 is 1.25 bits per heavy atom. The Morgan fingerprint density at radius 3 is 2.79 bits per heavy atom. The van der Waals surface area contributed by atoms with Crippen LogP contribution in [0.1, 0.15) is 10.4 Å². The zero-order valence-corrected chi connectivity index (χ0v) is 14.1. The van der Waals surface area contributed by atoms with E-state index in [2.05, 4.69) is 10.3 Å². The van der Waals surface area contributed by atoms with Crippen molar-refractivity contribution in [1.29, 1.82) is 0 Å². The van der Waals surface area contributed by atoms with E-state index in [0.717, 1.165) is 10.8 Å². The van der Waals surface area contributed by atoms with E-state index in [-0.39, 0.29) is 11.7 Å². The van der Waals surface area contributed by atoms with Crippen molar-refractivity contribution < 1.29 is 9.59 Å². The summed E-state index contributed by atoms with van der Waals surface area (Å²) < 4.78 is 1.91. The predicted octanol–water partition coefficient (Wildman–Crippen LogP) is 2.76. The van der Waals surface area contributed by atoms with Gasteiger partial charge in [0.25, 0.3) is 5.91 Å². The number of aromatic nitrogens is 2. The number of primary amides is 1. The monoisotopic (exact) mass is 358 g/mol. The van der Waals surface area contributed by atoms with Crippen LogP contribution >= 0.6 is 23.1 Å². The molecule has 0 atom stereocenters. The second-order valence-electron chi connectivity index (χ2n) is 4.78. The van der Waals surface area contributed by atoms with Crippen LogP contribution < -0.4 is 11.1 Å². The molecule has 0 unspecified atom stereocenters. The number of imidazole rings is 1. The maximum atomic E-state index is 12.1. The van der Waals surface area contributed by atoms with Crippen LogP contribution in [0.4, 0.5) is 5.00 Å². The van der Waals surface area contributed by atoms with Crippen LogP contribution in [0.2, 0.25) is 0 Å². The molecule has 2 heterocycles. The summed E-state index contributed by atoms with van der Waals surface area (Å²) in [6.07, 6.45) is 3.54. The molecule has 3 rings (SSSR count). The normalized spacial score (nSPS) is 10.5. The first-order chi connectivity index (χ1) is 11.6. The lowest BCUT2D eigenvalue weighted by Gasteiger charge is -2.07. The molecule has 0 bridgehead atoms. The van der Waals surface area contributed by atoms with Crippen LogP contribution in [0.15, 0.2) is 59.3 Å². The largest absolute Gasteiger partial charge is 0.366 e. The number of nitrogens with two attached hydrogens (primary N) is 1. The first-order valence-corrected chi connectivity index (χ1v) is 8.90. The molecule has 6 nitrogen and oxygen atoms in total. The third kappa shape index (κ3) is 3.66. The summed E-state index contributed by atoms with van der Waals surface area (Å²) in [5.41, 5.74) is 6.57. The number of carbonyl (C=O) groups excluding carboxylic acids is 2. The molecule has 1 aromatic carbocycles. The molecule has 0 aliphatic rings. The number of anilines is 1. The topological polar surface area (TPSA) is 90.0 Å². The van der Waals surface area contributed by atoms with Crippen molar-refractivity contribution in [1.82, 2.24) is 9.55 Å². The lowest BCUT2D eigenvalue weighted by Crippen LogP contribution is -2.18. The summed E-state index contributed by atoms with van der Waals surface area (Å²) >= 11 is 2.59. The highest BCUT2D eigenvalue weighted by atomic mass is 32.2. The van der Waals surface area contributed by atoms with E-state index in [9.17, 15) is 9.59 Å². The molecule has 3 aromatic rings. The number of nitrogens with zero attached hydrogens (tertiary/aromatic N) is 2. The average Bonchev–Trinajstić information content (AvgIpc) is 3.22. The average molecular weight is 358 g/mol. The Hall–Kier alpha value is -2.58. The zero-order chi connectivity index (χ0) is 16.9. The van der Waals surface area contributed by atoms with Gasteiger partial charge in [-0.1, -0.05) is 30.0 Å². The number of benzene rings is 1. The van der Waals surface area contributed by atoms with Crippen molar-refractivity contribution in [2.45, 2.75) is 5.16 Å². The minimum Gasteiger partial charge on any atom is -0.366 e. The van der Waals surface area contributed by atoms with Crippen molar-refractivity contribution >= 4 is 39.9 Å². The summed E-state index contributed by atoms with van der Waals surface area (Å²) in [6.45, 7) is 0. The number of carbonyl (C=O) groups is 2. The Labute approximate surface area is 146 Å². The number of hydrogen-bond acceptors (Lipinski definition) is 5. The first-order valence-electron chi connectivity index (χ1n) is 7.04. The number of rotatable bonds is 6. The summed E-state index contributed by atoms with van der Waals surface area (Å²) in [4.78, 5) is 27.7. The van der Waals surface area contributed by atoms with Gasteiger partial charge >= 0.3 is 0 Å². The van der Waals surface area contributed by atoms with Gasteiger partial charge in [0.15, 0.2) is 5.16 Å². The van der Waals surface area contributed by atoms with Crippen LogP contribution in [0, 0.1) is 0 Å². The molecule has 0 saturated heterocycles. The Morgan fingerprint density at radius 2 is 2.04 bits per heavy atom. The molecule has 0 fully saturated rings. The molecule has 2 amide bonds. The number of thioether (sulfide) groups is 1. The van der Waals surface area contributed by atoms with Gasteiger partial charge in [0.1, 0.15) is 5.00 Å². The number of hydrogen-bond donors (Lipinski definition) is 2. The molecule has 122 valence electrons. The maximum absolute atomic E-state index is 12.1. The summed E-state index contributed by atoms with van der Waals surface area (Å²) in [7, 11) is 0.